The third-order valence-electron chi connectivity index (χ3n) is 4.14. The number of ether oxygens (including phenoxy) is 1. The number of aromatic nitrogens is 1. The molecule has 0 unspecified atom stereocenters. The number of rotatable bonds is 6. The number of nitrogens with zero attached hydrogens (tertiary/aromatic N) is 2. The van der Waals surface area contributed by atoms with E-state index in [-0.39, 0.29) is 12.0 Å². The lowest BCUT2D eigenvalue weighted by atomic mass is 10.2. The maximum Gasteiger partial charge on any atom is 0.289 e. The molecule has 0 N–H and O–H groups in total. The second-order valence-electron chi connectivity index (χ2n) is 5.96. The Kier molecular flexibility index (Phi) is 4.67. The quantitative estimate of drug-likeness (QED) is 0.670. The van der Waals surface area contributed by atoms with Crippen molar-refractivity contribution in [2.75, 3.05) is 13.2 Å². The first kappa shape index (κ1) is 16.1. The van der Waals surface area contributed by atoms with E-state index in [9.17, 15) is 4.79 Å². The number of hydrogen-bond acceptors (Lipinski definition) is 6. The Bertz CT molecular complexity index is 804. The summed E-state index contributed by atoms with van der Waals surface area (Å²) in [5.41, 5.74) is 0.710. The van der Waals surface area contributed by atoms with Gasteiger partial charge in [0.1, 0.15) is 5.69 Å². The SMILES string of the molecule is O=C(c1ccco1)N(Cc1cc(-c2cccs2)on1)C[C@H]1CCCO1. The summed E-state index contributed by atoms with van der Waals surface area (Å²) in [5, 5.41) is 6.10. The lowest BCUT2D eigenvalue weighted by Gasteiger charge is -2.23. The van der Waals surface area contributed by atoms with Crippen LogP contribution in [0.3, 0.4) is 0 Å². The zero-order valence-electron chi connectivity index (χ0n) is 13.6. The van der Waals surface area contributed by atoms with Gasteiger partial charge in [-0.1, -0.05) is 11.2 Å². The Labute approximate surface area is 149 Å². The molecule has 0 bridgehead atoms. The summed E-state index contributed by atoms with van der Waals surface area (Å²) in [6, 6.07) is 9.20. The van der Waals surface area contributed by atoms with E-state index >= 15 is 0 Å². The lowest BCUT2D eigenvalue weighted by molar-refractivity contribution is 0.0479. The van der Waals surface area contributed by atoms with Crippen LogP contribution in [-0.4, -0.2) is 35.2 Å². The molecule has 4 heterocycles. The summed E-state index contributed by atoms with van der Waals surface area (Å²) in [6.45, 7) is 1.62. The van der Waals surface area contributed by atoms with Crippen LogP contribution >= 0.6 is 11.3 Å². The van der Waals surface area contributed by atoms with E-state index in [1.54, 1.807) is 28.4 Å². The maximum atomic E-state index is 12.8. The number of thiophene rings is 1. The van der Waals surface area contributed by atoms with Crippen LogP contribution in [0.5, 0.6) is 0 Å². The molecule has 25 heavy (non-hydrogen) atoms. The smallest absolute Gasteiger partial charge is 0.289 e. The zero-order chi connectivity index (χ0) is 17.1. The first-order valence-electron chi connectivity index (χ1n) is 8.23. The van der Waals surface area contributed by atoms with Gasteiger partial charge in [-0.25, -0.2) is 0 Å². The number of furan rings is 1. The van der Waals surface area contributed by atoms with Crippen molar-refractivity contribution in [2.24, 2.45) is 0 Å². The van der Waals surface area contributed by atoms with Crippen molar-refractivity contribution >= 4 is 17.2 Å². The van der Waals surface area contributed by atoms with Gasteiger partial charge in [0.2, 0.25) is 0 Å². The average molecular weight is 358 g/mol. The fourth-order valence-corrected chi connectivity index (χ4v) is 3.60. The summed E-state index contributed by atoms with van der Waals surface area (Å²) >= 11 is 1.59. The van der Waals surface area contributed by atoms with Crippen molar-refractivity contribution in [3.63, 3.8) is 0 Å². The highest BCUT2D eigenvalue weighted by molar-refractivity contribution is 7.13. The molecule has 1 aliphatic rings. The van der Waals surface area contributed by atoms with Crippen molar-refractivity contribution < 1.29 is 18.5 Å². The normalized spacial score (nSPS) is 17.0. The van der Waals surface area contributed by atoms with Gasteiger partial charge < -0.3 is 18.6 Å². The Hall–Kier alpha value is -2.38. The van der Waals surface area contributed by atoms with Crippen molar-refractivity contribution in [1.29, 1.82) is 0 Å². The third kappa shape index (κ3) is 3.67. The van der Waals surface area contributed by atoms with Crippen LogP contribution in [0.2, 0.25) is 0 Å². The second-order valence-corrected chi connectivity index (χ2v) is 6.91. The topological polar surface area (TPSA) is 68.7 Å². The Morgan fingerprint density at radius 2 is 2.32 bits per heavy atom. The molecular weight excluding hydrogens is 340 g/mol. The van der Waals surface area contributed by atoms with Gasteiger partial charge in [-0.15, -0.1) is 11.3 Å². The van der Waals surface area contributed by atoms with Crippen LogP contribution in [0, 0.1) is 0 Å². The van der Waals surface area contributed by atoms with Crippen molar-refractivity contribution in [3.05, 3.63) is 53.4 Å². The monoisotopic (exact) mass is 358 g/mol. The van der Waals surface area contributed by atoms with Gasteiger partial charge >= 0.3 is 0 Å². The minimum atomic E-state index is -0.166. The Morgan fingerprint density at radius 1 is 1.36 bits per heavy atom. The molecule has 3 aromatic rings. The van der Waals surface area contributed by atoms with E-state index in [0.717, 1.165) is 24.3 Å². The fraction of sp³-hybridized carbons (Fsp3) is 0.333. The largest absolute Gasteiger partial charge is 0.459 e. The molecule has 130 valence electrons. The molecule has 0 aromatic carbocycles. The predicted octanol–water partition coefficient (Wildman–Crippen LogP) is 3.82. The van der Waals surface area contributed by atoms with Gasteiger partial charge in [0.15, 0.2) is 11.5 Å². The molecule has 0 radical (unpaired) electrons. The van der Waals surface area contributed by atoms with Crippen LogP contribution in [0.4, 0.5) is 0 Å². The minimum Gasteiger partial charge on any atom is -0.459 e. The van der Waals surface area contributed by atoms with Crippen LogP contribution in [-0.2, 0) is 11.3 Å². The van der Waals surface area contributed by atoms with E-state index in [2.05, 4.69) is 5.16 Å². The zero-order valence-corrected chi connectivity index (χ0v) is 14.4. The van der Waals surface area contributed by atoms with Crippen molar-refractivity contribution in [2.45, 2.75) is 25.5 Å². The molecule has 1 aliphatic heterocycles. The van der Waals surface area contributed by atoms with Crippen LogP contribution < -0.4 is 0 Å². The van der Waals surface area contributed by atoms with Crippen molar-refractivity contribution in [1.82, 2.24) is 10.1 Å². The van der Waals surface area contributed by atoms with E-state index in [1.165, 1.54) is 6.26 Å². The first-order chi connectivity index (χ1) is 12.3. The molecule has 4 rings (SSSR count). The van der Waals surface area contributed by atoms with Crippen LogP contribution in [0.15, 0.2) is 50.9 Å². The van der Waals surface area contributed by atoms with Crippen molar-refractivity contribution in [3.8, 4) is 10.6 Å². The minimum absolute atomic E-state index is 0.0579. The number of amides is 1. The summed E-state index contributed by atoms with van der Waals surface area (Å²) in [4.78, 5) is 15.5. The van der Waals surface area contributed by atoms with Gasteiger partial charge in [0, 0.05) is 19.2 Å². The van der Waals surface area contributed by atoms with E-state index in [4.69, 9.17) is 13.7 Å². The standard InChI is InChI=1S/C18H18N2O4S/c21-18(15-5-2-8-23-15)20(12-14-4-1-7-22-14)11-13-10-16(24-19-13)17-6-3-9-25-17/h2-3,5-6,8-10,14H,1,4,7,11-12H2/t14-/m1/s1. The predicted molar refractivity (Wildman–Crippen MR) is 92.2 cm³/mol. The molecule has 3 aromatic heterocycles. The Balaban J connectivity index is 1.52. The van der Waals surface area contributed by atoms with Crippen LogP contribution in [0.1, 0.15) is 29.1 Å². The first-order valence-corrected chi connectivity index (χ1v) is 9.11. The molecule has 1 fully saturated rings. The number of carbonyl (C=O) groups is 1. The number of carbonyl (C=O) groups excluding carboxylic acids is 1. The molecule has 1 saturated heterocycles. The second kappa shape index (κ2) is 7.25. The van der Waals surface area contributed by atoms with Gasteiger partial charge in [0.05, 0.1) is 23.8 Å². The van der Waals surface area contributed by atoms with Gasteiger partial charge in [-0.3, -0.25) is 4.79 Å². The van der Waals surface area contributed by atoms with E-state index < -0.39 is 0 Å². The van der Waals surface area contributed by atoms with Crippen LogP contribution in [0.25, 0.3) is 10.6 Å². The fourth-order valence-electron chi connectivity index (χ4n) is 2.93. The molecule has 1 atom stereocenters. The summed E-state index contributed by atoms with van der Waals surface area (Å²) in [5.74, 6) is 0.869. The van der Waals surface area contributed by atoms with E-state index in [0.29, 0.717) is 30.3 Å². The van der Waals surface area contributed by atoms with Gasteiger partial charge in [0.25, 0.3) is 5.91 Å². The summed E-state index contributed by atoms with van der Waals surface area (Å²) in [6.07, 6.45) is 3.55. The Morgan fingerprint density at radius 3 is 3.04 bits per heavy atom. The average Bonchev–Trinajstić information content (AvgIpc) is 3.41. The molecule has 1 amide bonds. The number of hydrogen-bond donors (Lipinski definition) is 0. The third-order valence-corrected chi connectivity index (χ3v) is 5.03. The highest BCUT2D eigenvalue weighted by atomic mass is 32.1. The molecule has 0 aliphatic carbocycles. The van der Waals surface area contributed by atoms with Gasteiger partial charge in [-0.05, 0) is 36.4 Å². The maximum absolute atomic E-state index is 12.8. The molecule has 0 spiro atoms. The van der Waals surface area contributed by atoms with E-state index in [1.807, 2.05) is 23.6 Å². The highest BCUT2D eigenvalue weighted by Gasteiger charge is 2.26. The summed E-state index contributed by atoms with van der Waals surface area (Å²) < 4.78 is 16.4. The molecule has 0 saturated carbocycles. The molecule has 6 nitrogen and oxygen atoms in total. The molecule has 7 heteroatoms. The molecular formula is C18H18N2O4S. The highest BCUT2D eigenvalue weighted by Crippen LogP contribution is 2.26. The summed E-state index contributed by atoms with van der Waals surface area (Å²) in [7, 11) is 0. The lowest BCUT2D eigenvalue weighted by Crippen LogP contribution is -2.36. The van der Waals surface area contributed by atoms with Gasteiger partial charge in [-0.2, -0.15) is 0 Å².